The molecule has 0 radical (unpaired) electrons. The fraction of sp³-hybridized carbons (Fsp3) is 0.316. The van der Waals surface area contributed by atoms with Crippen LogP contribution in [0.4, 0.5) is 15.8 Å². The molecule has 1 atom stereocenters. The van der Waals surface area contributed by atoms with E-state index in [1.807, 2.05) is 0 Å². The van der Waals surface area contributed by atoms with E-state index in [9.17, 15) is 22.4 Å². The van der Waals surface area contributed by atoms with Crippen LogP contribution in [0.15, 0.2) is 36.4 Å². The van der Waals surface area contributed by atoms with Crippen molar-refractivity contribution in [3.05, 3.63) is 42.2 Å². The zero-order valence-electron chi connectivity index (χ0n) is 16.5. The Bertz CT molecular complexity index is 1090. The number of carbonyl (C=O) groups is 2. The Morgan fingerprint density at radius 3 is 2.57 bits per heavy atom. The number of amides is 2. The quantitative estimate of drug-likeness (QED) is 0.676. The highest BCUT2D eigenvalue weighted by Gasteiger charge is 2.41. The third kappa shape index (κ3) is 4.20. The summed E-state index contributed by atoms with van der Waals surface area (Å²) in [6.45, 7) is -0.0843. The summed E-state index contributed by atoms with van der Waals surface area (Å²) in [5, 5.41) is 0. The van der Waals surface area contributed by atoms with Crippen molar-refractivity contribution in [3.63, 3.8) is 0 Å². The van der Waals surface area contributed by atoms with Gasteiger partial charge in [0.05, 0.1) is 26.4 Å². The minimum atomic E-state index is -4.08. The summed E-state index contributed by atoms with van der Waals surface area (Å²) in [4.78, 5) is 30.9. The summed E-state index contributed by atoms with van der Waals surface area (Å²) in [7, 11) is -1.42. The second-order valence-corrected chi connectivity index (χ2v) is 8.46. The van der Waals surface area contributed by atoms with Crippen LogP contribution in [0.25, 0.3) is 0 Å². The van der Waals surface area contributed by atoms with E-state index < -0.39 is 33.6 Å². The fourth-order valence-corrected chi connectivity index (χ4v) is 4.20. The fourth-order valence-electron chi connectivity index (χ4n) is 3.23. The van der Waals surface area contributed by atoms with Gasteiger partial charge in [0.1, 0.15) is 11.5 Å². The summed E-state index contributed by atoms with van der Waals surface area (Å²) >= 11 is 0. The van der Waals surface area contributed by atoms with Crippen molar-refractivity contribution in [1.29, 1.82) is 0 Å². The van der Waals surface area contributed by atoms with Gasteiger partial charge in [-0.1, -0.05) is 6.07 Å². The molecular weight excluding hydrogens is 417 g/mol. The number of pyridine rings is 1. The second kappa shape index (κ2) is 8.27. The molecule has 160 valence electrons. The molecule has 0 spiro atoms. The Kier molecular flexibility index (Phi) is 5.92. The van der Waals surface area contributed by atoms with Crippen molar-refractivity contribution >= 4 is 33.2 Å². The summed E-state index contributed by atoms with van der Waals surface area (Å²) < 4.78 is 49.2. The molecule has 2 heterocycles. The average molecular weight is 437 g/mol. The molecule has 1 aliphatic rings. The molecule has 1 aliphatic heterocycles. The Hall–Kier alpha value is -3.21. The number of methoxy groups -OCH3 is 2. The number of hydrogen-bond acceptors (Lipinski definition) is 7. The maximum atomic E-state index is 13.5. The number of sulfonamides is 1. The van der Waals surface area contributed by atoms with Gasteiger partial charge in [0, 0.05) is 24.7 Å². The molecule has 0 aliphatic carbocycles. The van der Waals surface area contributed by atoms with Crippen molar-refractivity contribution in [2.45, 2.75) is 6.42 Å². The first-order chi connectivity index (χ1) is 14.2. The Morgan fingerprint density at radius 2 is 1.97 bits per heavy atom. The van der Waals surface area contributed by atoms with Crippen LogP contribution in [0.1, 0.15) is 6.42 Å². The van der Waals surface area contributed by atoms with Crippen molar-refractivity contribution in [3.8, 4) is 11.8 Å². The lowest BCUT2D eigenvalue weighted by molar-refractivity contribution is -0.123. The highest BCUT2D eigenvalue weighted by Crippen LogP contribution is 2.34. The van der Waals surface area contributed by atoms with E-state index in [4.69, 9.17) is 9.47 Å². The third-order valence-electron chi connectivity index (χ3n) is 4.56. The van der Waals surface area contributed by atoms with Gasteiger partial charge >= 0.3 is 0 Å². The van der Waals surface area contributed by atoms with Gasteiger partial charge in [-0.05, 0) is 24.3 Å². The maximum absolute atomic E-state index is 13.5. The summed E-state index contributed by atoms with van der Waals surface area (Å²) in [5.41, 5.74) is 0.201. The van der Waals surface area contributed by atoms with Crippen molar-refractivity contribution in [2.75, 3.05) is 36.2 Å². The lowest BCUT2D eigenvalue weighted by Gasteiger charge is -2.24. The van der Waals surface area contributed by atoms with Crippen molar-refractivity contribution in [2.24, 2.45) is 5.92 Å². The Labute approximate surface area is 173 Å². The Morgan fingerprint density at radius 1 is 1.23 bits per heavy atom. The number of benzene rings is 1. The molecule has 2 aromatic rings. The molecule has 11 heteroatoms. The number of anilines is 2. The monoisotopic (exact) mass is 437 g/mol. The first-order valence-corrected chi connectivity index (χ1v) is 10.7. The van der Waals surface area contributed by atoms with E-state index in [1.54, 1.807) is 6.07 Å². The normalized spacial score (nSPS) is 16.5. The number of ether oxygens (including phenoxy) is 2. The molecule has 1 aromatic heterocycles. The zero-order valence-corrected chi connectivity index (χ0v) is 17.3. The second-order valence-electron chi connectivity index (χ2n) is 6.63. The third-order valence-corrected chi connectivity index (χ3v) is 5.60. The average Bonchev–Trinajstić information content (AvgIpc) is 3.09. The molecule has 1 unspecified atom stereocenters. The van der Waals surface area contributed by atoms with E-state index in [0.717, 1.165) is 6.26 Å². The van der Waals surface area contributed by atoms with Crippen LogP contribution in [-0.2, 0) is 19.6 Å². The van der Waals surface area contributed by atoms with Crippen molar-refractivity contribution < 1.29 is 31.9 Å². The minimum absolute atomic E-state index is 0.0843. The van der Waals surface area contributed by atoms with Gasteiger partial charge in [-0.25, -0.2) is 17.1 Å². The summed E-state index contributed by atoms with van der Waals surface area (Å²) in [6, 6.07) is 8.13. The van der Waals surface area contributed by atoms with Gasteiger partial charge in [0.15, 0.2) is 0 Å². The molecule has 1 fully saturated rings. The molecule has 2 amide bonds. The molecule has 0 N–H and O–H groups in total. The van der Waals surface area contributed by atoms with Gasteiger partial charge < -0.3 is 14.4 Å². The highest BCUT2D eigenvalue weighted by atomic mass is 32.2. The Balaban J connectivity index is 1.95. The van der Waals surface area contributed by atoms with Crippen LogP contribution in [0, 0.1) is 11.7 Å². The predicted octanol–water partition coefficient (Wildman–Crippen LogP) is 1.58. The molecule has 1 aromatic carbocycles. The van der Waals surface area contributed by atoms with Crippen LogP contribution >= 0.6 is 0 Å². The molecular formula is C19H20FN3O6S. The standard InChI is InChI=1S/C19H20FN3O6S/c1-28-16-8-7-15(18(21-16)29-2)23(30(3,26)27)19(25)12-9-17(24)22(11-12)14-6-4-5-13(20)10-14/h4-8,10,12H,9,11H2,1-3H3. The van der Waals surface area contributed by atoms with Crippen LogP contribution in [0.2, 0.25) is 0 Å². The largest absolute Gasteiger partial charge is 0.481 e. The lowest BCUT2D eigenvalue weighted by atomic mass is 10.1. The van der Waals surface area contributed by atoms with E-state index in [1.165, 1.54) is 49.5 Å². The number of halogens is 1. The SMILES string of the molecule is COc1ccc(N(C(=O)C2CC(=O)N(c3cccc(F)c3)C2)S(C)(=O)=O)c(OC)n1. The molecule has 9 nitrogen and oxygen atoms in total. The molecule has 0 bridgehead atoms. The molecule has 0 saturated carbocycles. The number of rotatable bonds is 6. The van der Waals surface area contributed by atoms with Crippen LogP contribution in [0.3, 0.4) is 0 Å². The van der Waals surface area contributed by atoms with E-state index in [0.29, 0.717) is 9.99 Å². The predicted molar refractivity (Wildman–Crippen MR) is 107 cm³/mol. The van der Waals surface area contributed by atoms with Gasteiger partial charge in [0.2, 0.25) is 33.6 Å². The first kappa shape index (κ1) is 21.5. The number of carbonyl (C=O) groups excluding carboxylic acids is 2. The molecule has 30 heavy (non-hydrogen) atoms. The van der Waals surface area contributed by atoms with Crippen molar-refractivity contribution in [1.82, 2.24) is 4.98 Å². The van der Waals surface area contributed by atoms with Gasteiger partial charge in [0.25, 0.3) is 0 Å². The number of hydrogen-bond donors (Lipinski definition) is 0. The lowest BCUT2D eigenvalue weighted by Crippen LogP contribution is -2.41. The maximum Gasteiger partial charge on any atom is 0.246 e. The van der Waals surface area contributed by atoms with Crippen LogP contribution in [-0.4, -0.2) is 52.2 Å². The van der Waals surface area contributed by atoms with Gasteiger partial charge in [-0.3, -0.25) is 9.59 Å². The summed E-state index contributed by atoms with van der Waals surface area (Å²) in [5.74, 6) is -2.66. The van der Waals surface area contributed by atoms with E-state index in [2.05, 4.69) is 4.98 Å². The topological polar surface area (TPSA) is 106 Å². The van der Waals surface area contributed by atoms with Crippen LogP contribution < -0.4 is 18.7 Å². The minimum Gasteiger partial charge on any atom is -0.481 e. The van der Waals surface area contributed by atoms with Gasteiger partial charge in [-0.2, -0.15) is 4.98 Å². The number of nitrogens with zero attached hydrogens (tertiary/aromatic N) is 3. The summed E-state index contributed by atoms with van der Waals surface area (Å²) in [6.07, 6.45) is 0.656. The molecule has 3 rings (SSSR count). The van der Waals surface area contributed by atoms with E-state index in [-0.39, 0.29) is 30.4 Å². The first-order valence-electron chi connectivity index (χ1n) is 8.84. The zero-order chi connectivity index (χ0) is 22.1. The van der Waals surface area contributed by atoms with Crippen LogP contribution in [0.5, 0.6) is 11.8 Å². The van der Waals surface area contributed by atoms with E-state index >= 15 is 0 Å². The highest BCUT2D eigenvalue weighted by molar-refractivity contribution is 7.92. The molecule has 1 saturated heterocycles. The smallest absolute Gasteiger partial charge is 0.246 e. The van der Waals surface area contributed by atoms with Gasteiger partial charge in [-0.15, -0.1) is 0 Å². The number of aromatic nitrogens is 1.